The number of nitrogens with two attached hydrogens (primary N) is 1. The van der Waals surface area contributed by atoms with Crippen molar-refractivity contribution in [3.8, 4) is 0 Å². The molecule has 0 saturated heterocycles. The fourth-order valence-corrected chi connectivity index (χ4v) is 3.76. The molecule has 2 rings (SSSR count). The molecule has 0 unspecified atom stereocenters. The maximum atomic E-state index is 13.5. The number of nitrogen functional groups attached to an aromatic ring is 1. The third-order valence-electron chi connectivity index (χ3n) is 3.19. The van der Waals surface area contributed by atoms with Crippen molar-refractivity contribution < 1.29 is 12.8 Å². The van der Waals surface area contributed by atoms with Gasteiger partial charge in [-0.1, -0.05) is 11.6 Å². The summed E-state index contributed by atoms with van der Waals surface area (Å²) in [4.78, 5) is 0.0543. The van der Waals surface area contributed by atoms with E-state index in [1.165, 1.54) is 23.4 Å². The molecule has 0 saturated carbocycles. The first-order valence-corrected chi connectivity index (χ1v) is 7.48. The second-order valence-corrected chi connectivity index (χ2v) is 6.76. The molecule has 1 aliphatic rings. The van der Waals surface area contributed by atoms with Crippen LogP contribution >= 0.6 is 0 Å². The Hall–Kier alpha value is -1.40. The summed E-state index contributed by atoms with van der Waals surface area (Å²) in [6.07, 6.45) is 2.72. The van der Waals surface area contributed by atoms with Crippen LogP contribution < -0.4 is 5.73 Å². The Kier molecular flexibility index (Phi) is 3.64. The maximum absolute atomic E-state index is 13.5. The summed E-state index contributed by atoms with van der Waals surface area (Å²) in [5.74, 6) is -0.561. The highest BCUT2D eigenvalue weighted by Gasteiger charge is 2.27. The van der Waals surface area contributed by atoms with Crippen molar-refractivity contribution in [1.82, 2.24) is 4.31 Å². The van der Waals surface area contributed by atoms with E-state index in [2.05, 4.69) is 0 Å². The molecule has 1 aromatic carbocycles. The zero-order chi connectivity index (χ0) is 14.2. The van der Waals surface area contributed by atoms with Crippen LogP contribution in [-0.4, -0.2) is 25.8 Å². The van der Waals surface area contributed by atoms with E-state index in [0.717, 1.165) is 5.57 Å². The zero-order valence-electron chi connectivity index (χ0n) is 11.0. The topological polar surface area (TPSA) is 63.4 Å². The van der Waals surface area contributed by atoms with Crippen LogP contribution in [0.15, 0.2) is 28.7 Å². The maximum Gasteiger partial charge on any atom is 0.243 e. The second kappa shape index (κ2) is 4.94. The number of rotatable bonds is 2. The normalized spacial score (nSPS) is 17.3. The van der Waals surface area contributed by atoms with Crippen LogP contribution in [0.4, 0.5) is 10.1 Å². The van der Waals surface area contributed by atoms with Crippen molar-refractivity contribution in [1.29, 1.82) is 0 Å². The quantitative estimate of drug-likeness (QED) is 0.668. The number of anilines is 1. The molecule has 0 radical (unpaired) electrons. The van der Waals surface area contributed by atoms with Crippen molar-refractivity contribution in [2.75, 3.05) is 18.8 Å². The Labute approximate surface area is 112 Å². The number of hydrogen-bond donors (Lipinski definition) is 1. The highest BCUT2D eigenvalue weighted by atomic mass is 32.2. The first-order valence-electron chi connectivity index (χ1n) is 6.04. The molecule has 0 spiro atoms. The first-order chi connectivity index (χ1) is 8.82. The summed E-state index contributed by atoms with van der Waals surface area (Å²) in [6, 6.07) is 2.51. The van der Waals surface area contributed by atoms with Gasteiger partial charge in [-0.2, -0.15) is 4.31 Å². The van der Waals surface area contributed by atoms with Gasteiger partial charge in [0.05, 0.1) is 10.6 Å². The number of nitrogens with zero attached hydrogens (tertiary/aromatic N) is 1. The number of benzene rings is 1. The average Bonchev–Trinajstić information content (AvgIpc) is 2.35. The van der Waals surface area contributed by atoms with Crippen molar-refractivity contribution in [3.05, 3.63) is 35.2 Å². The second-order valence-electron chi connectivity index (χ2n) is 4.82. The molecule has 1 aromatic rings. The van der Waals surface area contributed by atoms with Crippen LogP contribution in [0.2, 0.25) is 0 Å². The van der Waals surface area contributed by atoms with Gasteiger partial charge in [0.15, 0.2) is 0 Å². The largest absolute Gasteiger partial charge is 0.396 e. The lowest BCUT2D eigenvalue weighted by atomic mass is 10.2. The van der Waals surface area contributed by atoms with Crippen LogP contribution in [0.5, 0.6) is 0 Å². The van der Waals surface area contributed by atoms with E-state index in [0.29, 0.717) is 19.5 Å². The van der Waals surface area contributed by atoms with Crippen LogP contribution in [0.1, 0.15) is 18.9 Å². The average molecular weight is 284 g/mol. The molecule has 0 amide bonds. The molecule has 0 aliphatic carbocycles. The van der Waals surface area contributed by atoms with Gasteiger partial charge in [-0.25, -0.2) is 12.8 Å². The molecule has 19 heavy (non-hydrogen) atoms. The molecule has 2 N–H and O–H groups in total. The van der Waals surface area contributed by atoms with Crippen molar-refractivity contribution in [2.24, 2.45) is 0 Å². The zero-order valence-corrected chi connectivity index (χ0v) is 11.8. The Balaban J connectivity index is 2.43. The lowest BCUT2D eigenvalue weighted by Gasteiger charge is -2.25. The highest BCUT2D eigenvalue weighted by molar-refractivity contribution is 7.89. The third-order valence-corrected chi connectivity index (χ3v) is 5.01. The predicted molar refractivity (Wildman–Crippen MR) is 72.7 cm³/mol. The summed E-state index contributed by atoms with van der Waals surface area (Å²) >= 11 is 0. The van der Waals surface area contributed by atoms with E-state index in [4.69, 9.17) is 5.73 Å². The fraction of sp³-hybridized carbons (Fsp3) is 0.385. The van der Waals surface area contributed by atoms with Crippen molar-refractivity contribution in [2.45, 2.75) is 25.2 Å². The Morgan fingerprint density at radius 2 is 2.00 bits per heavy atom. The molecule has 0 atom stereocenters. The lowest BCUT2D eigenvalue weighted by molar-refractivity contribution is 0.428. The Morgan fingerprint density at radius 3 is 2.58 bits per heavy atom. The van der Waals surface area contributed by atoms with E-state index in [1.54, 1.807) is 0 Å². The van der Waals surface area contributed by atoms with Crippen molar-refractivity contribution >= 4 is 15.7 Å². The van der Waals surface area contributed by atoms with Gasteiger partial charge in [0.2, 0.25) is 10.0 Å². The molecule has 0 aromatic heterocycles. The highest BCUT2D eigenvalue weighted by Crippen LogP contribution is 2.25. The molecule has 1 heterocycles. The number of hydrogen-bond acceptors (Lipinski definition) is 3. The minimum atomic E-state index is -3.61. The molecule has 104 valence electrons. The van der Waals surface area contributed by atoms with E-state index >= 15 is 0 Å². The van der Waals surface area contributed by atoms with E-state index < -0.39 is 15.8 Å². The number of sulfonamides is 1. The van der Waals surface area contributed by atoms with Gasteiger partial charge >= 0.3 is 0 Å². The standard InChI is InChI=1S/C13H17FN2O2S/c1-9-4-3-5-16(8-9)19(17,18)11-6-10(2)13(14)12(15)7-11/h4,6-7H,3,5,8,15H2,1-2H3. The minimum absolute atomic E-state index is 0.0543. The predicted octanol–water partition coefficient (Wildman–Crippen LogP) is 2.06. The summed E-state index contributed by atoms with van der Waals surface area (Å²) in [5, 5.41) is 0. The summed E-state index contributed by atoms with van der Waals surface area (Å²) in [5.41, 5.74) is 6.62. The molecular formula is C13H17FN2O2S. The SMILES string of the molecule is CC1=CCCN(S(=O)(=O)c2cc(C)c(F)c(N)c2)C1. The van der Waals surface area contributed by atoms with Gasteiger partial charge in [-0.05, 0) is 38.0 Å². The Bertz CT molecular complexity index is 615. The third kappa shape index (κ3) is 2.64. The van der Waals surface area contributed by atoms with Crippen LogP contribution in [0.25, 0.3) is 0 Å². The van der Waals surface area contributed by atoms with Gasteiger partial charge in [0.25, 0.3) is 0 Å². The van der Waals surface area contributed by atoms with E-state index in [-0.39, 0.29) is 16.1 Å². The monoisotopic (exact) mass is 284 g/mol. The molecule has 1 aliphatic heterocycles. The fourth-order valence-electron chi connectivity index (χ4n) is 2.14. The molecule has 6 heteroatoms. The number of aryl methyl sites for hydroxylation is 1. The Morgan fingerprint density at radius 1 is 1.32 bits per heavy atom. The van der Waals surface area contributed by atoms with Crippen LogP contribution in [0.3, 0.4) is 0 Å². The van der Waals surface area contributed by atoms with Gasteiger partial charge in [0, 0.05) is 13.1 Å². The lowest BCUT2D eigenvalue weighted by Crippen LogP contribution is -2.35. The van der Waals surface area contributed by atoms with Gasteiger partial charge in [0.1, 0.15) is 5.82 Å². The van der Waals surface area contributed by atoms with Crippen LogP contribution in [0, 0.1) is 12.7 Å². The smallest absolute Gasteiger partial charge is 0.243 e. The van der Waals surface area contributed by atoms with Gasteiger partial charge in [-0.15, -0.1) is 0 Å². The molecule has 0 fully saturated rings. The minimum Gasteiger partial charge on any atom is -0.396 e. The van der Waals surface area contributed by atoms with E-state index in [9.17, 15) is 12.8 Å². The van der Waals surface area contributed by atoms with Crippen molar-refractivity contribution in [3.63, 3.8) is 0 Å². The molecular weight excluding hydrogens is 267 g/mol. The summed E-state index contributed by atoms with van der Waals surface area (Å²) in [6.45, 7) is 4.21. The van der Waals surface area contributed by atoms with Gasteiger partial charge < -0.3 is 5.73 Å². The number of halogens is 1. The van der Waals surface area contributed by atoms with E-state index in [1.807, 2.05) is 13.0 Å². The van der Waals surface area contributed by atoms with Crippen LogP contribution in [-0.2, 0) is 10.0 Å². The first kappa shape index (κ1) is 14.0. The van der Waals surface area contributed by atoms with Gasteiger partial charge in [-0.3, -0.25) is 0 Å². The summed E-state index contributed by atoms with van der Waals surface area (Å²) in [7, 11) is -3.61. The molecule has 4 nitrogen and oxygen atoms in total. The molecule has 0 bridgehead atoms. The summed E-state index contributed by atoms with van der Waals surface area (Å²) < 4.78 is 39.8.